The lowest BCUT2D eigenvalue weighted by Gasteiger charge is -2.14. The highest BCUT2D eigenvalue weighted by atomic mass is 32.2. The Morgan fingerprint density at radius 3 is 2.77 bits per heavy atom. The lowest BCUT2D eigenvalue weighted by Crippen LogP contribution is -2.25. The van der Waals surface area contributed by atoms with E-state index in [0.29, 0.717) is 39.7 Å². The highest BCUT2D eigenvalue weighted by Crippen LogP contribution is 2.23. The summed E-state index contributed by atoms with van der Waals surface area (Å²) in [5.74, 6) is 0.412. The summed E-state index contributed by atoms with van der Waals surface area (Å²) in [5, 5.41) is 4.05. The molecular weight excluding hydrogens is 418 g/mol. The van der Waals surface area contributed by atoms with Gasteiger partial charge in [-0.25, -0.2) is 4.98 Å². The predicted molar refractivity (Wildman–Crippen MR) is 122 cm³/mol. The molecule has 2 heterocycles. The van der Waals surface area contributed by atoms with E-state index in [0.717, 1.165) is 23.7 Å². The van der Waals surface area contributed by atoms with Crippen molar-refractivity contribution in [1.29, 1.82) is 0 Å². The van der Waals surface area contributed by atoms with Crippen LogP contribution in [-0.2, 0) is 11.3 Å². The number of hydrogen-bond acceptors (Lipinski definition) is 7. The zero-order valence-electron chi connectivity index (χ0n) is 16.7. The molecule has 2 aromatic heterocycles. The maximum atomic E-state index is 13.0. The Balaban J connectivity index is 1.56. The van der Waals surface area contributed by atoms with Crippen molar-refractivity contribution in [2.45, 2.75) is 32.0 Å². The summed E-state index contributed by atoms with van der Waals surface area (Å²) in [5.41, 5.74) is 2.64. The van der Waals surface area contributed by atoms with Gasteiger partial charge >= 0.3 is 0 Å². The smallest absolute Gasteiger partial charge is 0.262 e. The third-order valence-electron chi connectivity index (χ3n) is 4.65. The number of benzene rings is 2. The average molecular weight is 440 g/mol. The van der Waals surface area contributed by atoms with E-state index >= 15 is 0 Å². The molecule has 0 fully saturated rings. The molecule has 0 aliphatic carbocycles. The Hall–Kier alpha value is -2.78. The fraction of sp³-hybridized carbons (Fsp3) is 0.286. The summed E-state index contributed by atoms with van der Waals surface area (Å²) in [6.45, 7) is 4.81. The summed E-state index contributed by atoms with van der Waals surface area (Å²) in [6.07, 6.45) is 0.860. The number of carbonyl (C=O) groups is 1. The molecule has 0 bridgehead atoms. The van der Waals surface area contributed by atoms with E-state index in [-0.39, 0.29) is 17.2 Å². The first kappa shape index (κ1) is 20.5. The van der Waals surface area contributed by atoms with Crippen LogP contribution in [0.2, 0.25) is 0 Å². The topological polar surface area (TPSA) is 89.8 Å². The Kier molecular flexibility index (Phi) is 6.10. The number of hydrogen-bond donors (Lipinski definition) is 1. The van der Waals surface area contributed by atoms with Gasteiger partial charge in [0.2, 0.25) is 5.91 Å². The first-order valence-corrected chi connectivity index (χ1v) is 11.4. The maximum Gasteiger partial charge on any atom is 0.262 e. The lowest BCUT2D eigenvalue weighted by molar-refractivity contribution is -0.113. The van der Waals surface area contributed by atoms with E-state index in [1.807, 2.05) is 30.3 Å². The van der Waals surface area contributed by atoms with Crippen molar-refractivity contribution < 1.29 is 4.79 Å². The van der Waals surface area contributed by atoms with Gasteiger partial charge in [0.05, 0.1) is 34.1 Å². The summed E-state index contributed by atoms with van der Waals surface area (Å²) >= 11 is 2.38. The van der Waals surface area contributed by atoms with Gasteiger partial charge in [0.1, 0.15) is 11.0 Å². The van der Waals surface area contributed by atoms with Crippen LogP contribution >= 0.6 is 23.5 Å². The van der Waals surface area contributed by atoms with Gasteiger partial charge in [-0.05, 0) is 36.6 Å². The van der Waals surface area contributed by atoms with Crippen LogP contribution in [0.3, 0.4) is 0 Å². The van der Waals surface area contributed by atoms with E-state index in [4.69, 9.17) is 0 Å². The standard InChI is InChI=1S/C21H21N5O2S2/c1-13(2)10-11-26-20(28)14-6-3-4-7-15(14)23-21(26)29-12-18(27)22-16-8-5-9-17-19(16)25-30-24-17/h3-9,13H,10-12H2,1-2H3,(H,22,27). The molecule has 1 N–H and O–H groups in total. The minimum absolute atomic E-state index is 0.0672. The van der Waals surface area contributed by atoms with Crippen LogP contribution in [0, 0.1) is 5.92 Å². The van der Waals surface area contributed by atoms with E-state index in [1.54, 1.807) is 16.7 Å². The number of carbonyl (C=O) groups excluding carboxylic acids is 1. The van der Waals surface area contributed by atoms with Gasteiger partial charge < -0.3 is 5.32 Å². The average Bonchev–Trinajstić information content (AvgIpc) is 3.21. The largest absolute Gasteiger partial charge is 0.323 e. The van der Waals surface area contributed by atoms with Crippen molar-refractivity contribution >= 4 is 57.0 Å². The molecule has 0 aliphatic heterocycles. The van der Waals surface area contributed by atoms with Gasteiger partial charge in [0.15, 0.2) is 5.16 Å². The number of nitrogens with one attached hydrogen (secondary N) is 1. The quantitative estimate of drug-likeness (QED) is 0.343. The first-order chi connectivity index (χ1) is 14.5. The van der Waals surface area contributed by atoms with Gasteiger partial charge in [-0.15, -0.1) is 0 Å². The fourth-order valence-electron chi connectivity index (χ4n) is 3.07. The third kappa shape index (κ3) is 4.36. The van der Waals surface area contributed by atoms with Crippen molar-refractivity contribution in [2.24, 2.45) is 5.92 Å². The SMILES string of the molecule is CC(C)CCn1c(SCC(=O)Nc2cccc3nsnc23)nc2ccccc2c1=O. The molecule has 0 atom stereocenters. The first-order valence-electron chi connectivity index (χ1n) is 9.66. The van der Waals surface area contributed by atoms with Crippen molar-refractivity contribution in [3.63, 3.8) is 0 Å². The summed E-state index contributed by atoms with van der Waals surface area (Å²) in [6, 6.07) is 12.8. The number of anilines is 1. The molecule has 0 aliphatic rings. The molecule has 0 saturated heterocycles. The normalized spacial score (nSPS) is 11.4. The van der Waals surface area contributed by atoms with Crippen molar-refractivity contribution in [3.8, 4) is 0 Å². The third-order valence-corrected chi connectivity index (χ3v) is 6.17. The number of nitrogens with zero attached hydrogens (tertiary/aromatic N) is 4. The fourth-order valence-corrected chi connectivity index (χ4v) is 4.44. The number of rotatable bonds is 7. The Morgan fingerprint density at radius 2 is 1.93 bits per heavy atom. The van der Waals surface area contributed by atoms with E-state index in [2.05, 4.69) is 32.9 Å². The summed E-state index contributed by atoms with van der Waals surface area (Å²) in [7, 11) is 0. The van der Waals surface area contributed by atoms with Crippen LogP contribution in [0.5, 0.6) is 0 Å². The van der Waals surface area contributed by atoms with Crippen LogP contribution in [0.1, 0.15) is 20.3 Å². The highest BCUT2D eigenvalue weighted by Gasteiger charge is 2.15. The van der Waals surface area contributed by atoms with Gasteiger partial charge in [-0.2, -0.15) is 8.75 Å². The van der Waals surface area contributed by atoms with Gasteiger partial charge in [0, 0.05) is 6.54 Å². The minimum Gasteiger partial charge on any atom is -0.323 e. The monoisotopic (exact) mass is 439 g/mol. The predicted octanol–water partition coefficient (Wildman–Crippen LogP) is 4.18. The highest BCUT2D eigenvalue weighted by molar-refractivity contribution is 7.99. The number of amides is 1. The van der Waals surface area contributed by atoms with Crippen LogP contribution in [-0.4, -0.2) is 30.0 Å². The number of thioether (sulfide) groups is 1. The molecule has 0 radical (unpaired) electrons. The van der Waals surface area contributed by atoms with Crippen molar-refractivity contribution in [2.75, 3.05) is 11.1 Å². The Bertz CT molecular complexity index is 1270. The van der Waals surface area contributed by atoms with Crippen LogP contribution in [0.25, 0.3) is 21.9 Å². The Morgan fingerprint density at radius 1 is 1.13 bits per heavy atom. The molecule has 0 saturated carbocycles. The zero-order valence-corrected chi connectivity index (χ0v) is 18.3. The second-order valence-electron chi connectivity index (χ2n) is 7.33. The molecule has 9 heteroatoms. The van der Waals surface area contributed by atoms with E-state index in [1.165, 1.54) is 11.8 Å². The molecule has 0 unspecified atom stereocenters. The van der Waals surface area contributed by atoms with Crippen LogP contribution < -0.4 is 10.9 Å². The molecule has 0 spiro atoms. The van der Waals surface area contributed by atoms with Gasteiger partial charge in [-0.3, -0.25) is 14.2 Å². The van der Waals surface area contributed by atoms with E-state index in [9.17, 15) is 9.59 Å². The molecule has 30 heavy (non-hydrogen) atoms. The maximum absolute atomic E-state index is 13.0. The second-order valence-corrected chi connectivity index (χ2v) is 8.80. The summed E-state index contributed by atoms with van der Waals surface area (Å²) in [4.78, 5) is 30.3. The van der Waals surface area contributed by atoms with Crippen LogP contribution in [0.15, 0.2) is 52.4 Å². The molecule has 4 aromatic rings. The van der Waals surface area contributed by atoms with Crippen molar-refractivity contribution in [1.82, 2.24) is 18.3 Å². The molecular formula is C21H21N5O2S2. The number of fused-ring (bicyclic) bond motifs is 2. The molecule has 154 valence electrons. The van der Waals surface area contributed by atoms with Crippen LogP contribution in [0.4, 0.5) is 5.69 Å². The van der Waals surface area contributed by atoms with Gasteiger partial charge in [-0.1, -0.05) is 43.8 Å². The molecule has 7 nitrogen and oxygen atoms in total. The summed E-state index contributed by atoms with van der Waals surface area (Å²) < 4.78 is 10.1. The zero-order chi connectivity index (χ0) is 21.1. The Labute approximate surface area is 181 Å². The second kappa shape index (κ2) is 8.93. The van der Waals surface area contributed by atoms with Gasteiger partial charge in [0.25, 0.3) is 5.56 Å². The van der Waals surface area contributed by atoms with E-state index < -0.39 is 0 Å². The lowest BCUT2D eigenvalue weighted by atomic mass is 10.1. The minimum atomic E-state index is -0.182. The number of aromatic nitrogens is 4. The molecule has 1 amide bonds. The molecule has 4 rings (SSSR count). The van der Waals surface area contributed by atoms with Crippen molar-refractivity contribution in [3.05, 3.63) is 52.8 Å². The molecule has 2 aromatic carbocycles. The number of para-hydroxylation sites is 1.